The maximum Gasteiger partial charge on any atom is 0.178 e. The molecule has 0 aliphatic carbocycles. The zero-order chi connectivity index (χ0) is 22.9. The number of pyridine rings is 1. The molecule has 0 radical (unpaired) electrons. The van der Waals surface area contributed by atoms with Crippen molar-refractivity contribution in [2.75, 3.05) is 33.0 Å². The second-order valence-electron chi connectivity index (χ2n) is 8.33. The van der Waals surface area contributed by atoms with E-state index in [1.165, 1.54) is 0 Å². The van der Waals surface area contributed by atoms with Gasteiger partial charge in [0.1, 0.15) is 11.4 Å². The lowest BCUT2D eigenvalue weighted by Crippen LogP contribution is -2.15. The van der Waals surface area contributed by atoms with E-state index >= 15 is 0 Å². The molecular weight excluding hydrogens is 458 g/mol. The molecular formula is C25H30ClN3O3S. The van der Waals surface area contributed by atoms with Gasteiger partial charge in [0.05, 0.1) is 22.8 Å². The van der Waals surface area contributed by atoms with Crippen LogP contribution in [0.4, 0.5) is 0 Å². The normalized spacial score (nSPS) is 11.8. The van der Waals surface area contributed by atoms with Crippen molar-refractivity contribution < 1.29 is 13.2 Å². The molecule has 0 spiro atoms. The van der Waals surface area contributed by atoms with Crippen LogP contribution in [0.3, 0.4) is 0 Å². The van der Waals surface area contributed by atoms with Gasteiger partial charge in [0.15, 0.2) is 9.84 Å². The zero-order valence-corrected chi connectivity index (χ0v) is 21.0. The lowest BCUT2D eigenvalue weighted by molar-refractivity contribution is 0.284. The lowest BCUT2D eigenvalue weighted by atomic mass is 9.99. The van der Waals surface area contributed by atoms with Gasteiger partial charge in [0.2, 0.25) is 0 Å². The standard InChI is InChI=1S/C25H29N3O3S.ClH/c1-5-32(29,30)19-9-6-8-18(15-19)20-10-11-22(31-13-7-12-28(3)4)24-23(20)21-14-17(2)16-26-25(21)27-24;/h6,8-11,14-16H,5,7,12-13H2,1-4H3,(H,26,27);1H. The molecule has 33 heavy (non-hydrogen) atoms. The number of rotatable bonds is 8. The first-order valence-corrected chi connectivity index (χ1v) is 12.5. The van der Waals surface area contributed by atoms with Gasteiger partial charge in [0.25, 0.3) is 0 Å². The summed E-state index contributed by atoms with van der Waals surface area (Å²) in [6.07, 6.45) is 2.76. The summed E-state index contributed by atoms with van der Waals surface area (Å²) in [4.78, 5) is 10.5. The van der Waals surface area contributed by atoms with E-state index in [1.54, 1.807) is 25.1 Å². The molecule has 0 amide bonds. The Labute approximate surface area is 201 Å². The number of H-pyrrole nitrogens is 1. The van der Waals surface area contributed by atoms with Crippen LogP contribution in [0.25, 0.3) is 33.1 Å². The Kier molecular flexibility index (Phi) is 7.67. The van der Waals surface area contributed by atoms with E-state index in [-0.39, 0.29) is 18.2 Å². The number of fused-ring (bicyclic) bond motifs is 3. The van der Waals surface area contributed by atoms with Gasteiger partial charge in [-0.2, -0.15) is 0 Å². The Morgan fingerprint density at radius 3 is 2.64 bits per heavy atom. The molecule has 2 aromatic carbocycles. The zero-order valence-electron chi connectivity index (χ0n) is 19.4. The fraction of sp³-hybridized carbons (Fsp3) is 0.320. The summed E-state index contributed by atoms with van der Waals surface area (Å²) in [5.41, 5.74) is 4.53. The molecule has 176 valence electrons. The van der Waals surface area contributed by atoms with Crippen molar-refractivity contribution in [3.63, 3.8) is 0 Å². The number of hydrogen-bond donors (Lipinski definition) is 1. The Hall–Kier alpha value is -2.61. The fourth-order valence-electron chi connectivity index (χ4n) is 3.91. The number of halogens is 1. The third kappa shape index (κ3) is 5.16. The topological polar surface area (TPSA) is 75.3 Å². The van der Waals surface area contributed by atoms with Gasteiger partial charge in [-0.25, -0.2) is 13.4 Å². The highest BCUT2D eigenvalue weighted by Gasteiger charge is 2.18. The Balaban J connectivity index is 0.00000306. The van der Waals surface area contributed by atoms with Crippen LogP contribution < -0.4 is 4.74 Å². The summed E-state index contributed by atoms with van der Waals surface area (Å²) in [5.74, 6) is 0.845. The first-order valence-electron chi connectivity index (χ1n) is 10.8. The van der Waals surface area contributed by atoms with E-state index < -0.39 is 9.84 Å². The molecule has 0 atom stereocenters. The molecule has 0 fully saturated rings. The summed E-state index contributed by atoms with van der Waals surface area (Å²) >= 11 is 0. The number of aryl methyl sites for hydroxylation is 1. The van der Waals surface area contributed by atoms with Crippen LogP contribution in [0.15, 0.2) is 53.6 Å². The van der Waals surface area contributed by atoms with Gasteiger partial charge in [-0.3, -0.25) is 0 Å². The van der Waals surface area contributed by atoms with Crippen molar-refractivity contribution in [2.45, 2.75) is 25.2 Å². The van der Waals surface area contributed by atoms with Crippen molar-refractivity contribution in [1.82, 2.24) is 14.9 Å². The molecule has 0 saturated carbocycles. The summed E-state index contributed by atoms with van der Waals surface area (Å²) in [6.45, 7) is 5.24. The molecule has 0 aliphatic rings. The molecule has 0 aliphatic heterocycles. The number of nitrogens with zero attached hydrogens (tertiary/aromatic N) is 2. The Morgan fingerprint density at radius 2 is 1.91 bits per heavy atom. The largest absolute Gasteiger partial charge is 0.491 e. The second kappa shape index (κ2) is 10.1. The minimum Gasteiger partial charge on any atom is -0.491 e. The number of benzene rings is 2. The smallest absolute Gasteiger partial charge is 0.178 e. The number of nitrogens with one attached hydrogen (secondary N) is 1. The average Bonchev–Trinajstić information content (AvgIpc) is 3.15. The van der Waals surface area contributed by atoms with Gasteiger partial charge >= 0.3 is 0 Å². The minimum absolute atomic E-state index is 0. The molecule has 4 aromatic rings. The Bertz CT molecular complexity index is 1380. The van der Waals surface area contributed by atoms with E-state index in [1.807, 2.05) is 45.4 Å². The Morgan fingerprint density at radius 1 is 1.12 bits per heavy atom. The molecule has 0 bridgehead atoms. The highest BCUT2D eigenvalue weighted by Crippen LogP contribution is 2.39. The monoisotopic (exact) mass is 487 g/mol. The quantitative estimate of drug-likeness (QED) is 0.344. The minimum atomic E-state index is -3.30. The van der Waals surface area contributed by atoms with Gasteiger partial charge < -0.3 is 14.6 Å². The molecule has 6 nitrogen and oxygen atoms in total. The second-order valence-corrected chi connectivity index (χ2v) is 10.6. The van der Waals surface area contributed by atoms with Crippen molar-refractivity contribution in [3.05, 3.63) is 54.2 Å². The SMILES string of the molecule is CCS(=O)(=O)c1cccc(-c2ccc(OCCCN(C)C)c3[nH]c4ncc(C)cc4c23)c1.Cl. The van der Waals surface area contributed by atoms with E-state index in [9.17, 15) is 8.42 Å². The molecule has 0 unspecified atom stereocenters. The van der Waals surface area contributed by atoms with Gasteiger partial charge in [0, 0.05) is 23.5 Å². The molecule has 2 aromatic heterocycles. The average molecular weight is 488 g/mol. The van der Waals surface area contributed by atoms with Gasteiger partial charge in [-0.05, 0) is 74.5 Å². The summed E-state index contributed by atoms with van der Waals surface area (Å²) < 4.78 is 31.1. The number of hydrogen-bond acceptors (Lipinski definition) is 5. The predicted octanol–water partition coefficient (Wildman–Crippen LogP) is 5.24. The van der Waals surface area contributed by atoms with Crippen LogP contribution in [-0.2, 0) is 9.84 Å². The van der Waals surface area contributed by atoms with Gasteiger partial charge in [-0.15, -0.1) is 12.4 Å². The van der Waals surface area contributed by atoms with E-state index in [0.29, 0.717) is 11.5 Å². The van der Waals surface area contributed by atoms with Crippen LogP contribution in [0, 0.1) is 6.92 Å². The van der Waals surface area contributed by atoms with Crippen molar-refractivity contribution >= 4 is 44.2 Å². The van der Waals surface area contributed by atoms with Crippen LogP contribution in [0.1, 0.15) is 18.9 Å². The van der Waals surface area contributed by atoms with Crippen LogP contribution in [0.2, 0.25) is 0 Å². The van der Waals surface area contributed by atoms with Crippen molar-refractivity contribution in [3.8, 4) is 16.9 Å². The summed E-state index contributed by atoms with van der Waals surface area (Å²) in [5, 5.41) is 1.99. The number of aromatic nitrogens is 2. The first-order chi connectivity index (χ1) is 15.3. The van der Waals surface area contributed by atoms with Crippen LogP contribution in [0.5, 0.6) is 5.75 Å². The highest BCUT2D eigenvalue weighted by atomic mass is 35.5. The van der Waals surface area contributed by atoms with Crippen molar-refractivity contribution in [1.29, 1.82) is 0 Å². The van der Waals surface area contributed by atoms with Crippen molar-refractivity contribution in [2.24, 2.45) is 0 Å². The maximum absolute atomic E-state index is 12.5. The third-order valence-electron chi connectivity index (χ3n) is 5.60. The first kappa shape index (κ1) is 25.0. The van der Waals surface area contributed by atoms with E-state index in [2.05, 4.69) is 20.9 Å². The van der Waals surface area contributed by atoms with E-state index in [4.69, 9.17) is 4.74 Å². The number of aromatic amines is 1. The molecule has 8 heteroatoms. The fourth-order valence-corrected chi connectivity index (χ4v) is 4.84. The van der Waals surface area contributed by atoms with Crippen LogP contribution >= 0.6 is 12.4 Å². The number of ether oxygens (including phenoxy) is 1. The molecule has 0 saturated heterocycles. The molecule has 1 N–H and O–H groups in total. The summed E-state index contributed by atoms with van der Waals surface area (Å²) in [6, 6.07) is 13.2. The van der Waals surface area contributed by atoms with E-state index in [0.717, 1.165) is 57.3 Å². The molecule has 4 rings (SSSR count). The lowest BCUT2D eigenvalue weighted by Gasteiger charge is -2.13. The summed E-state index contributed by atoms with van der Waals surface area (Å²) in [7, 11) is 0.798. The third-order valence-corrected chi connectivity index (χ3v) is 7.33. The predicted molar refractivity (Wildman–Crippen MR) is 137 cm³/mol. The highest BCUT2D eigenvalue weighted by molar-refractivity contribution is 7.91. The maximum atomic E-state index is 12.5. The molecule has 2 heterocycles. The van der Waals surface area contributed by atoms with Gasteiger partial charge in [-0.1, -0.05) is 19.1 Å². The number of sulfone groups is 1. The van der Waals surface area contributed by atoms with Crippen LogP contribution in [-0.4, -0.2) is 56.3 Å².